The number of hydrogen-bond acceptors (Lipinski definition) is 5. The van der Waals surface area contributed by atoms with Crippen molar-refractivity contribution < 1.29 is 18.1 Å². The van der Waals surface area contributed by atoms with Crippen molar-refractivity contribution in [3.05, 3.63) is 68.8 Å². The molecule has 0 radical (unpaired) electrons. The van der Waals surface area contributed by atoms with Gasteiger partial charge in [0.15, 0.2) is 0 Å². The summed E-state index contributed by atoms with van der Waals surface area (Å²) in [6.07, 6.45) is 0.974. The van der Waals surface area contributed by atoms with E-state index in [1.165, 1.54) is 25.1 Å². The predicted octanol–water partition coefficient (Wildman–Crippen LogP) is 3.55. The van der Waals surface area contributed by atoms with Crippen molar-refractivity contribution >= 4 is 27.3 Å². The van der Waals surface area contributed by atoms with E-state index < -0.39 is 26.9 Å². The number of carbonyl (C=O) groups is 1. The summed E-state index contributed by atoms with van der Waals surface area (Å²) in [6, 6.07) is 8.35. The number of amides is 1. The van der Waals surface area contributed by atoms with Gasteiger partial charge in [-0.1, -0.05) is 24.3 Å². The minimum absolute atomic E-state index is 0.105. The Morgan fingerprint density at radius 3 is 2.17 bits per heavy atom. The van der Waals surface area contributed by atoms with Gasteiger partial charge in [-0.2, -0.15) is 0 Å². The molecule has 0 aromatic heterocycles. The van der Waals surface area contributed by atoms with Crippen LogP contribution in [0.5, 0.6) is 0 Å². The van der Waals surface area contributed by atoms with Gasteiger partial charge in [0.25, 0.3) is 5.69 Å². The van der Waals surface area contributed by atoms with Crippen LogP contribution in [-0.2, 0) is 14.8 Å². The molecule has 2 rings (SSSR count). The van der Waals surface area contributed by atoms with Gasteiger partial charge in [-0.3, -0.25) is 19.2 Å². The molecule has 0 aliphatic heterocycles. The van der Waals surface area contributed by atoms with E-state index >= 15 is 0 Å². The highest BCUT2D eigenvalue weighted by molar-refractivity contribution is 7.92. The molecule has 2 aromatic carbocycles. The number of benzene rings is 2. The Morgan fingerprint density at radius 2 is 1.63 bits per heavy atom. The summed E-state index contributed by atoms with van der Waals surface area (Å²) in [5, 5.41) is 14.0. The molecule has 0 fully saturated rings. The maximum Gasteiger partial charge on any atom is 0.271 e. The average molecular weight is 434 g/mol. The molecule has 1 amide bonds. The van der Waals surface area contributed by atoms with Crippen molar-refractivity contribution in [3.63, 3.8) is 0 Å². The molecular weight excluding hydrogens is 406 g/mol. The highest BCUT2D eigenvalue weighted by Gasteiger charge is 2.32. The summed E-state index contributed by atoms with van der Waals surface area (Å²) >= 11 is 0. The van der Waals surface area contributed by atoms with Gasteiger partial charge in [-0.15, -0.1) is 0 Å². The molecule has 0 unspecified atom stereocenters. The van der Waals surface area contributed by atoms with E-state index in [0.717, 1.165) is 27.3 Å². The summed E-state index contributed by atoms with van der Waals surface area (Å²) in [7, 11) is -3.89. The number of nitro benzene ring substituents is 1. The normalized spacial score (nSPS) is 13.4. The number of anilines is 1. The summed E-state index contributed by atoms with van der Waals surface area (Å²) in [6.45, 7) is 8.89. The molecule has 0 aliphatic rings. The van der Waals surface area contributed by atoms with Crippen LogP contribution in [0, 0.1) is 30.9 Å². The number of nitrogens with one attached hydrogen (secondary N) is 1. The van der Waals surface area contributed by atoms with Crippen molar-refractivity contribution in [2.75, 3.05) is 10.6 Å². The Morgan fingerprint density at radius 1 is 1.03 bits per heavy atom. The first-order valence-corrected chi connectivity index (χ1v) is 11.3. The lowest BCUT2D eigenvalue weighted by atomic mass is 10.0. The first-order valence-electron chi connectivity index (χ1n) is 9.45. The van der Waals surface area contributed by atoms with Crippen LogP contribution >= 0.6 is 0 Å². The number of hydrogen-bond donors (Lipinski definition) is 1. The fourth-order valence-corrected chi connectivity index (χ4v) is 4.41. The van der Waals surface area contributed by atoms with Gasteiger partial charge in [0, 0.05) is 12.1 Å². The van der Waals surface area contributed by atoms with Crippen molar-refractivity contribution in [2.45, 2.75) is 46.7 Å². The molecule has 0 bridgehead atoms. The quantitative estimate of drug-likeness (QED) is 0.530. The molecular formula is C21H27N3O5S. The molecule has 9 heteroatoms. The Balaban J connectivity index is 2.37. The van der Waals surface area contributed by atoms with E-state index in [1.54, 1.807) is 6.92 Å². The molecule has 30 heavy (non-hydrogen) atoms. The van der Waals surface area contributed by atoms with Crippen LogP contribution in [-0.4, -0.2) is 31.5 Å². The van der Waals surface area contributed by atoms with Crippen LogP contribution in [0.25, 0.3) is 0 Å². The largest absolute Gasteiger partial charge is 0.348 e. The Labute approximate surface area is 177 Å². The van der Waals surface area contributed by atoms with Gasteiger partial charge in [-0.25, -0.2) is 8.42 Å². The maximum absolute atomic E-state index is 12.9. The van der Waals surface area contributed by atoms with Gasteiger partial charge >= 0.3 is 0 Å². The van der Waals surface area contributed by atoms with Crippen molar-refractivity contribution in [3.8, 4) is 0 Å². The number of sulfonamides is 1. The van der Waals surface area contributed by atoms with Crippen LogP contribution < -0.4 is 9.62 Å². The Kier molecular flexibility index (Phi) is 6.87. The van der Waals surface area contributed by atoms with Crippen LogP contribution in [0.15, 0.2) is 36.4 Å². The second-order valence-corrected chi connectivity index (χ2v) is 9.40. The summed E-state index contributed by atoms with van der Waals surface area (Å²) in [4.78, 5) is 23.5. The van der Waals surface area contributed by atoms with E-state index in [4.69, 9.17) is 0 Å². The molecule has 0 saturated heterocycles. The number of nitrogens with zero attached hydrogens (tertiary/aromatic N) is 2. The first-order chi connectivity index (χ1) is 13.8. The fraction of sp³-hybridized carbons (Fsp3) is 0.381. The lowest BCUT2D eigenvalue weighted by molar-refractivity contribution is -0.384. The molecule has 0 aliphatic carbocycles. The SMILES string of the molecule is Cc1ccc([C@@H](C)NC(=O)[C@H](C)N(c2cc([N+](=O)[O-])ccc2C)S(C)(=O)=O)cc1C. The molecule has 1 N–H and O–H groups in total. The zero-order valence-electron chi connectivity index (χ0n) is 18.0. The van der Waals surface area contributed by atoms with E-state index in [0.29, 0.717) is 5.56 Å². The fourth-order valence-electron chi connectivity index (χ4n) is 3.18. The lowest BCUT2D eigenvalue weighted by Gasteiger charge is -2.30. The van der Waals surface area contributed by atoms with Crippen LogP contribution in [0.1, 0.15) is 42.1 Å². The molecule has 0 heterocycles. The zero-order chi connectivity index (χ0) is 22.8. The second-order valence-electron chi connectivity index (χ2n) is 7.54. The maximum atomic E-state index is 12.9. The molecule has 2 atom stereocenters. The van der Waals surface area contributed by atoms with E-state index in [-0.39, 0.29) is 17.4 Å². The third-order valence-electron chi connectivity index (χ3n) is 5.12. The third kappa shape index (κ3) is 5.15. The van der Waals surface area contributed by atoms with E-state index in [2.05, 4.69) is 5.32 Å². The number of rotatable bonds is 7. The van der Waals surface area contributed by atoms with E-state index in [1.807, 2.05) is 39.0 Å². The Bertz CT molecular complexity index is 1080. The average Bonchev–Trinajstić information content (AvgIpc) is 2.64. The van der Waals surface area contributed by atoms with Crippen molar-refractivity contribution in [1.82, 2.24) is 5.32 Å². The number of aryl methyl sites for hydroxylation is 3. The lowest BCUT2D eigenvalue weighted by Crippen LogP contribution is -2.48. The monoisotopic (exact) mass is 433 g/mol. The number of non-ortho nitro benzene ring substituents is 1. The Hall–Kier alpha value is -2.94. The predicted molar refractivity (Wildman–Crippen MR) is 117 cm³/mol. The molecule has 8 nitrogen and oxygen atoms in total. The summed E-state index contributed by atoms with van der Waals surface area (Å²) in [5.41, 5.74) is 3.49. The van der Waals surface area contributed by atoms with Gasteiger partial charge in [-0.05, 0) is 56.9 Å². The van der Waals surface area contributed by atoms with E-state index in [9.17, 15) is 23.3 Å². The van der Waals surface area contributed by atoms with Gasteiger partial charge < -0.3 is 5.32 Å². The van der Waals surface area contributed by atoms with Crippen LogP contribution in [0.2, 0.25) is 0 Å². The zero-order valence-corrected chi connectivity index (χ0v) is 18.8. The van der Waals surface area contributed by atoms with Gasteiger partial charge in [0.2, 0.25) is 15.9 Å². The smallest absolute Gasteiger partial charge is 0.271 e. The van der Waals surface area contributed by atoms with Crippen molar-refractivity contribution in [2.24, 2.45) is 0 Å². The topological polar surface area (TPSA) is 110 Å². The molecule has 162 valence electrons. The van der Waals surface area contributed by atoms with Gasteiger partial charge in [0.05, 0.1) is 22.9 Å². The number of carbonyl (C=O) groups excluding carboxylic acids is 1. The minimum Gasteiger partial charge on any atom is -0.348 e. The summed E-state index contributed by atoms with van der Waals surface area (Å²) in [5.74, 6) is -0.503. The molecule has 0 saturated carbocycles. The standard InChI is InChI=1S/C21H27N3O5S/c1-13-7-9-18(11-15(13)3)16(4)22-21(25)17(5)23(30(6,28)29)20-12-19(24(26)27)10-8-14(20)2/h7-12,16-17H,1-6H3,(H,22,25)/t16-,17+/m1/s1. The second kappa shape index (κ2) is 8.83. The van der Waals surface area contributed by atoms with Crippen LogP contribution in [0.3, 0.4) is 0 Å². The van der Waals surface area contributed by atoms with Crippen molar-refractivity contribution in [1.29, 1.82) is 0 Å². The highest BCUT2D eigenvalue weighted by atomic mass is 32.2. The molecule has 0 spiro atoms. The minimum atomic E-state index is -3.89. The number of nitro groups is 1. The summed E-state index contributed by atoms with van der Waals surface area (Å²) < 4.78 is 26.0. The highest BCUT2D eigenvalue weighted by Crippen LogP contribution is 2.29. The molecule has 2 aromatic rings. The first kappa shape index (κ1) is 23.3. The third-order valence-corrected chi connectivity index (χ3v) is 6.35. The van der Waals surface area contributed by atoms with Gasteiger partial charge in [0.1, 0.15) is 6.04 Å². The van der Waals surface area contributed by atoms with Crippen LogP contribution in [0.4, 0.5) is 11.4 Å².